The molecule has 4 heteroatoms. The summed E-state index contributed by atoms with van der Waals surface area (Å²) in [6.45, 7) is 7.10. The maximum absolute atomic E-state index is 9.49. The van der Waals surface area contributed by atoms with Crippen molar-refractivity contribution in [3.8, 4) is 11.8 Å². The largest absolute Gasteiger partial charge is 0.396 e. The van der Waals surface area contributed by atoms with Gasteiger partial charge in [0.05, 0.1) is 6.10 Å². The minimum Gasteiger partial charge on any atom is -0.396 e. The van der Waals surface area contributed by atoms with Crippen LogP contribution in [0.25, 0.3) is 0 Å². The summed E-state index contributed by atoms with van der Waals surface area (Å²) in [5.41, 5.74) is -1.02. The summed E-state index contributed by atoms with van der Waals surface area (Å²) in [5.74, 6) is 5.59. The van der Waals surface area contributed by atoms with Crippen molar-refractivity contribution >= 4 is 12.6 Å². The molecule has 0 aromatic heterocycles. The Morgan fingerprint density at radius 1 is 1.38 bits per heavy atom. The number of hydrogen-bond donors (Lipinski definition) is 3. The first-order valence-electron chi connectivity index (χ1n) is 5.45. The molecule has 16 heavy (non-hydrogen) atoms. The Bertz CT molecular complexity index is 247. The zero-order valence-electron chi connectivity index (χ0n) is 10.4. The summed E-state index contributed by atoms with van der Waals surface area (Å²) in [5, 5.41) is 18.2. The van der Waals surface area contributed by atoms with Crippen LogP contribution >= 0.6 is 12.6 Å². The predicted molar refractivity (Wildman–Crippen MR) is 68.6 cm³/mol. The van der Waals surface area contributed by atoms with Gasteiger partial charge in [-0.15, -0.1) is 0 Å². The molecule has 3 nitrogen and oxygen atoms in total. The molecule has 0 aromatic carbocycles. The average molecular weight is 246 g/mol. The van der Waals surface area contributed by atoms with E-state index in [9.17, 15) is 5.11 Å². The first-order chi connectivity index (χ1) is 7.26. The van der Waals surface area contributed by atoms with E-state index in [0.717, 1.165) is 0 Å². The van der Waals surface area contributed by atoms with E-state index in [4.69, 9.17) is 9.84 Å². The molecule has 0 amide bonds. The van der Waals surface area contributed by atoms with Gasteiger partial charge in [0.2, 0.25) is 0 Å². The summed E-state index contributed by atoms with van der Waals surface area (Å²) < 4.78 is 5.63. The van der Waals surface area contributed by atoms with Crippen LogP contribution in [-0.4, -0.2) is 39.9 Å². The monoisotopic (exact) mass is 246 g/mol. The average Bonchev–Trinajstić information content (AvgIpc) is 2.10. The Kier molecular flexibility index (Phi) is 7.09. The Morgan fingerprint density at radius 3 is 2.31 bits per heavy atom. The molecule has 0 rings (SSSR count). The Labute approximate surface area is 104 Å². The lowest BCUT2D eigenvalue weighted by molar-refractivity contribution is 0.0165. The van der Waals surface area contributed by atoms with Gasteiger partial charge < -0.3 is 14.9 Å². The highest BCUT2D eigenvalue weighted by Crippen LogP contribution is 2.10. The third-order valence-corrected chi connectivity index (χ3v) is 2.14. The van der Waals surface area contributed by atoms with Gasteiger partial charge in [0.15, 0.2) is 0 Å². The number of rotatable bonds is 5. The SMILES string of the molecule is C[C@H](CCO)O[C@H](C#CC(C)(C)O)[C@@H](C)S. The molecule has 0 aromatic rings. The molecule has 0 fully saturated rings. The third-order valence-electron chi connectivity index (χ3n) is 1.87. The smallest absolute Gasteiger partial charge is 0.129 e. The van der Waals surface area contributed by atoms with E-state index in [2.05, 4.69) is 24.5 Å². The second-order valence-electron chi connectivity index (χ2n) is 4.45. The van der Waals surface area contributed by atoms with E-state index in [1.54, 1.807) is 13.8 Å². The summed E-state index contributed by atoms with van der Waals surface area (Å²) >= 11 is 4.29. The van der Waals surface area contributed by atoms with Crippen molar-refractivity contribution in [2.24, 2.45) is 0 Å². The molecule has 0 saturated heterocycles. The van der Waals surface area contributed by atoms with E-state index in [0.29, 0.717) is 6.42 Å². The third kappa shape index (κ3) is 8.00. The van der Waals surface area contributed by atoms with Gasteiger partial charge in [-0.1, -0.05) is 18.8 Å². The number of hydrogen-bond acceptors (Lipinski definition) is 4. The molecule has 0 bridgehead atoms. The molecule has 0 saturated carbocycles. The summed E-state index contributed by atoms with van der Waals surface area (Å²) in [6.07, 6.45) is 0.165. The molecule has 2 N–H and O–H groups in total. The number of ether oxygens (including phenoxy) is 1. The van der Waals surface area contributed by atoms with Crippen molar-refractivity contribution in [2.45, 2.75) is 57.2 Å². The van der Waals surface area contributed by atoms with Gasteiger partial charge in [0.1, 0.15) is 11.7 Å². The Morgan fingerprint density at radius 2 is 1.94 bits per heavy atom. The van der Waals surface area contributed by atoms with Crippen LogP contribution in [0.5, 0.6) is 0 Å². The van der Waals surface area contributed by atoms with Crippen LogP contribution in [0.3, 0.4) is 0 Å². The lowest BCUT2D eigenvalue weighted by Crippen LogP contribution is -2.27. The van der Waals surface area contributed by atoms with Gasteiger partial charge in [-0.3, -0.25) is 0 Å². The standard InChI is InChI=1S/C12H22O3S/c1-9(6-8-13)15-11(10(2)16)5-7-12(3,4)14/h9-11,13-14,16H,6,8H2,1-4H3/t9-,10-,11-/m1/s1. The lowest BCUT2D eigenvalue weighted by Gasteiger charge is -2.20. The van der Waals surface area contributed by atoms with Crippen molar-refractivity contribution in [3.05, 3.63) is 0 Å². The van der Waals surface area contributed by atoms with Crippen molar-refractivity contribution in [3.63, 3.8) is 0 Å². The minimum atomic E-state index is -1.02. The van der Waals surface area contributed by atoms with Crippen LogP contribution in [0.4, 0.5) is 0 Å². The van der Waals surface area contributed by atoms with Crippen LogP contribution < -0.4 is 0 Å². The van der Waals surface area contributed by atoms with Gasteiger partial charge in [-0.2, -0.15) is 12.6 Å². The first-order valence-corrected chi connectivity index (χ1v) is 5.97. The molecule has 0 aliphatic carbocycles. The number of thiol groups is 1. The summed E-state index contributed by atoms with van der Waals surface area (Å²) in [6, 6.07) is 0. The number of aliphatic hydroxyl groups excluding tert-OH is 1. The molecule has 0 aliphatic heterocycles. The molecule has 0 heterocycles. The maximum atomic E-state index is 9.49. The summed E-state index contributed by atoms with van der Waals surface area (Å²) in [4.78, 5) is 0. The Balaban J connectivity index is 4.44. The molecule has 94 valence electrons. The molecule has 0 aliphatic rings. The first kappa shape index (κ1) is 15.8. The number of aliphatic hydroxyl groups is 2. The zero-order chi connectivity index (χ0) is 12.8. The van der Waals surface area contributed by atoms with Crippen molar-refractivity contribution in [1.29, 1.82) is 0 Å². The molecular weight excluding hydrogens is 224 g/mol. The second kappa shape index (κ2) is 7.18. The quantitative estimate of drug-likeness (QED) is 0.505. The van der Waals surface area contributed by atoms with Crippen LogP contribution in [0.2, 0.25) is 0 Å². The van der Waals surface area contributed by atoms with E-state index >= 15 is 0 Å². The van der Waals surface area contributed by atoms with E-state index in [-0.39, 0.29) is 24.1 Å². The van der Waals surface area contributed by atoms with Gasteiger partial charge in [0.25, 0.3) is 0 Å². The zero-order valence-corrected chi connectivity index (χ0v) is 11.3. The van der Waals surface area contributed by atoms with Gasteiger partial charge in [-0.05, 0) is 27.2 Å². The fraction of sp³-hybridized carbons (Fsp3) is 0.833. The predicted octanol–water partition coefficient (Wildman–Crippen LogP) is 1.24. The minimum absolute atomic E-state index is 0.0454. The highest BCUT2D eigenvalue weighted by atomic mass is 32.1. The van der Waals surface area contributed by atoms with E-state index < -0.39 is 5.60 Å². The second-order valence-corrected chi connectivity index (χ2v) is 5.26. The van der Waals surface area contributed by atoms with E-state index in [1.807, 2.05) is 13.8 Å². The molecule has 0 radical (unpaired) electrons. The lowest BCUT2D eigenvalue weighted by atomic mass is 10.1. The van der Waals surface area contributed by atoms with Crippen LogP contribution in [0.15, 0.2) is 0 Å². The van der Waals surface area contributed by atoms with Gasteiger partial charge in [0, 0.05) is 11.9 Å². The van der Waals surface area contributed by atoms with Gasteiger partial charge >= 0.3 is 0 Å². The summed E-state index contributed by atoms with van der Waals surface area (Å²) in [7, 11) is 0. The Hall–Kier alpha value is -0.210. The normalized spacial score (nSPS) is 17.2. The van der Waals surface area contributed by atoms with E-state index in [1.165, 1.54) is 0 Å². The molecule has 0 spiro atoms. The fourth-order valence-electron chi connectivity index (χ4n) is 1.02. The highest BCUT2D eigenvalue weighted by molar-refractivity contribution is 7.81. The molecule has 0 unspecified atom stereocenters. The van der Waals surface area contributed by atoms with Gasteiger partial charge in [-0.25, -0.2) is 0 Å². The van der Waals surface area contributed by atoms with Crippen molar-refractivity contribution in [2.75, 3.05) is 6.61 Å². The molecular formula is C12H22O3S. The van der Waals surface area contributed by atoms with Crippen LogP contribution in [-0.2, 0) is 4.74 Å². The maximum Gasteiger partial charge on any atom is 0.129 e. The van der Waals surface area contributed by atoms with Crippen LogP contribution in [0, 0.1) is 11.8 Å². The van der Waals surface area contributed by atoms with Crippen molar-refractivity contribution < 1.29 is 14.9 Å². The van der Waals surface area contributed by atoms with Crippen LogP contribution in [0.1, 0.15) is 34.1 Å². The fourth-order valence-corrected chi connectivity index (χ4v) is 1.16. The molecule has 3 atom stereocenters. The van der Waals surface area contributed by atoms with Crippen molar-refractivity contribution in [1.82, 2.24) is 0 Å². The topological polar surface area (TPSA) is 49.7 Å². The highest BCUT2D eigenvalue weighted by Gasteiger charge is 2.16.